The second kappa shape index (κ2) is 7.28. The first-order valence-electron chi connectivity index (χ1n) is 5.45. The lowest BCUT2D eigenvalue weighted by Crippen LogP contribution is -2.26. The smallest absolute Gasteiger partial charge is 0.240 e. The Kier molecular flexibility index (Phi) is 6.02. The number of anilines is 1. The molecule has 5 nitrogen and oxygen atoms in total. The van der Waals surface area contributed by atoms with Crippen LogP contribution in [-0.2, 0) is 10.0 Å². The number of ether oxygens (including phenoxy) is 1. The summed E-state index contributed by atoms with van der Waals surface area (Å²) in [5, 5.41) is 0. The number of methoxy groups -OCH3 is 1. The van der Waals surface area contributed by atoms with Crippen LogP contribution in [0.4, 0.5) is 5.69 Å². The number of benzene rings is 1. The highest BCUT2D eigenvalue weighted by Crippen LogP contribution is 2.24. The van der Waals surface area contributed by atoms with Crippen LogP contribution < -0.4 is 15.2 Å². The van der Waals surface area contributed by atoms with Gasteiger partial charge in [0, 0.05) is 12.3 Å². The minimum absolute atomic E-state index is 0.118. The molecule has 0 bridgehead atoms. The molecule has 0 aliphatic carbocycles. The summed E-state index contributed by atoms with van der Waals surface area (Å²) >= 11 is 1.49. The third-order valence-corrected chi connectivity index (χ3v) is 4.56. The van der Waals surface area contributed by atoms with Crippen molar-refractivity contribution >= 4 is 27.5 Å². The first-order valence-corrected chi connectivity index (χ1v) is 8.09. The van der Waals surface area contributed by atoms with Crippen molar-refractivity contribution in [3.05, 3.63) is 18.2 Å². The summed E-state index contributed by atoms with van der Waals surface area (Å²) in [5.41, 5.74) is 5.96. The summed E-state index contributed by atoms with van der Waals surface area (Å²) in [5.74, 6) is 4.11. The Labute approximate surface area is 118 Å². The Bertz CT molecular complexity index is 565. The minimum atomic E-state index is -3.55. The zero-order valence-corrected chi connectivity index (χ0v) is 12.2. The van der Waals surface area contributed by atoms with E-state index in [0.29, 0.717) is 23.8 Å². The summed E-state index contributed by atoms with van der Waals surface area (Å²) in [4.78, 5) is 0.118. The van der Waals surface area contributed by atoms with Gasteiger partial charge >= 0.3 is 0 Å². The maximum Gasteiger partial charge on any atom is 0.240 e. The molecule has 0 unspecified atom stereocenters. The third kappa shape index (κ3) is 4.67. The molecule has 0 radical (unpaired) electrons. The molecular formula is C12H16N2O3S2. The number of thioether (sulfide) groups is 1. The lowest BCUT2D eigenvalue weighted by atomic mass is 10.3. The van der Waals surface area contributed by atoms with Crippen molar-refractivity contribution in [2.24, 2.45) is 0 Å². The molecule has 0 atom stereocenters. The Morgan fingerprint density at radius 2 is 2.26 bits per heavy atom. The first-order chi connectivity index (χ1) is 9.01. The van der Waals surface area contributed by atoms with E-state index in [1.807, 2.05) is 0 Å². The van der Waals surface area contributed by atoms with Gasteiger partial charge in [0.05, 0.1) is 23.4 Å². The molecule has 3 N–H and O–H groups in total. The molecule has 0 aliphatic rings. The van der Waals surface area contributed by atoms with Gasteiger partial charge in [0.25, 0.3) is 0 Å². The minimum Gasteiger partial charge on any atom is -0.495 e. The molecule has 104 valence electrons. The van der Waals surface area contributed by atoms with Crippen molar-refractivity contribution in [1.29, 1.82) is 0 Å². The standard InChI is InChI=1S/C12H16N2O3S2/c1-3-7-18-8-6-14-19(15,16)10-4-5-12(17-2)11(13)9-10/h1,4-5,9,14H,6-8,13H2,2H3. The highest BCUT2D eigenvalue weighted by atomic mass is 32.2. The van der Waals surface area contributed by atoms with Gasteiger partial charge in [-0.05, 0) is 18.2 Å². The monoisotopic (exact) mass is 300 g/mol. The molecule has 1 rings (SSSR count). The molecule has 0 aromatic heterocycles. The Hall–Kier alpha value is -1.36. The SMILES string of the molecule is C#CCSCCNS(=O)(=O)c1ccc(OC)c(N)c1. The fraction of sp³-hybridized carbons (Fsp3) is 0.333. The van der Waals surface area contributed by atoms with E-state index in [1.54, 1.807) is 0 Å². The molecule has 19 heavy (non-hydrogen) atoms. The number of hydrogen-bond acceptors (Lipinski definition) is 5. The van der Waals surface area contributed by atoms with Crippen LogP contribution in [-0.4, -0.2) is 33.6 Å². The third-order valence-electron chi connectivity index (χ3n) is 2.24. The maximum atomic E-state index is 12.0. The van der Waals surface area contributed by atoms with E-state index in [4.69, 9.17) is 16.9 Å². The van der Waals surface area contributed by atoms with Crippen LogP contribution in [0, 0.1) is 12.3 Å². The summed E-state index contributed by atoms with van der Waals surface area (Å²) in [6, 6.07) is 4.35. The van der Waals surface area contributed by atoms with E-state index in [-0.39, 0.29) is 10.6 Å². The van der Waals surface area contributed by atoms with Gasteiger partial charge in [0.2, 0.25) is 10.0 Å². The van der Waals surface area contributed by atoms with E-state index in [0.717, 1.165) is 0 Å². The van der Waals surface area contributed by atoms with Crippen molar-refractivity contribution in [2.45, 2.75) is 4.90 Å². The molecular weight excluding hydrogens is 284 g/mol. The molecule has 1 aromatic rings. The average Bonchev–Trinajstić information content (AvgIpc) is 2.38. The quantitative estimate of drug-likeness (QED) is 0.444. The van der Waals surface area contributed by atoms with Crippen molar-refractivity contribution in [3.63, 3.8) is 0 Å². The van der Waals surface area contributed by atoms with E-state index in [1.165, 1.54) is 37.1 Å². The molecule has 0 heterocycles. The summed E-state index contributed by atoms with van der Waals surface area (Å²) < 4.78 is 31.4. The molecule has 0 spiro atoms. The van der Waals surface area contributed by atoms with Gasteiger partial charge in [-0.1, -0.05) is 5.92 Å². The predicted octanol–water partition coefficient (Wildman–Crippen LogP) is 0.922. The van der Waals surface area contributed by atoms with E-state index in [2.05, 4.69) is 10.6 Å². The van der Waals surface area contributed by atoms with Gasteiger partial charge < -0.3 is 10.5 Å². The number of terminal acetylenes is 1. The Balaban J connectivity index is 2.67. The van der Waals surface area contributed by atoms with Crippen LogP contribution in [0.3, 0.4) is 0 Å². The van der Waals surface area contributed by atoms with Crippen LogP contribution in [0.25, 0.3) is 0 Å². The summed E-state index contributed by atoms with van der Waals surface area (Å²) in [7, 11) is -2.07. The van der Waals surface area contributed by atoms with Crippen molar-refractivity contribution in [1.82, 2.24) is 4.72 Å². The molecule has 7 heteroatoms. The molecule has 0 amide bonds. The molecule has 0 saturated heterocycles. The zero-order chi connectivity index (χ0) is 14.3. The fourth-order valence-electron chi connectivity index (χ4n) is 1.34. The lowest BCUT2D eigenvalue weighted by molar-refractivity contribution is 0.416. The first kappa shape index (κ1) is 15.7. The van der Waals surface area contributed by atoms with Crippen molar-refractivity contribution in [2.75, 3.05) is 30.9 Å². The van der Waals surface area contributed by atoms with E-state index >= 15 is 0 Å². The van der Waals surface area contributed by atoms with Crippen molar-refractivity contribution < 1.29 is 13.2 Å². The van der Waals surface area contributed by atoms with Crippen LogP contribution in [0.15, 0.2) is 23.1 Å². The van der Waals surface area contributed by atoms with Crippen molar-refractivity contribution in [3.8, 4) is 18.1 Å². The number of nitrogen functional groups attached to an aromatic ring is 1. The Morgan fingerprint density at radius 3 is 2.84 bits per heavy atom. The van der Waals surface area contributed by atoms with Gasteiger partial charge in [0.15, 0.2) is 0 Å². The summed E-state index contributed by atoms with van der Waals surface area (Å²) in [6.07, 6.45) is 5.10. The number of nitrogens with one attached hydrogen (secondary N) is 1. The van der Waals surface area contributed by atoms with Crippen LogP contribution in [0.5, 0.6) is 5.75 Å². The molecule has 1 aromatic carbocycles. The second-order valence-electron chi connectivity index (χ2n) is 3.56. The highest BCUT2D eigenvalue weighted by Gasteiger charge is 2.14. The van der Waals surface area contributed by atoms with Gasteiger partial charge in [-0.3, -0.25) is 0 Å². The van der Waals surface area contributed by atoms with Crippen LogP contribution >= 0.6 is 11.8 Å². The van der Waals surface area contributed by atoms with E-state index < -0.39 is 10.0 Å². The fourth-order valence-corrected chi connectivity index (χ4v) is 3.05. The molecule has 0 aliphatic heterocycles. The van der Waals surface area contributed by atoms with Gasteiger partial charge in [0.1, 0.15) is 5.75 Å². The summed E-state index contributed by atoms with van der Waals surface area (Å²) in [6.45, 7) is 0.320. The van der Waals surface area contributed by atoms with Crippen LogP contribution in [0.1, 0.15) is 0 Å². The maximum absolute atomic E-state index is 12.0. The predicted molar refractivity (Wildman–Crippen MR) is 78.8 cm³/mol. The normalized spacial score (nSPS) is 10.9. The van der Waals surface area contributed by atoms with Gasteiger partial charge in [-0.25, -0.2) is 13.1 Å². The van der Waals surface area contributed by atoms with Gasteiger partial charge in [-0.2, -0.15) is 0 Å². The Morgan fingerprint density at radius 1 is 1.53 bits per heavy atom. The zero-order valence-electron chi connectivity index (χ0n) is 10.5. The molecule has 0 fully saturated rings. The van der Waals surface area contributed by atoms with Gasteiger partial charge in [-0.15, -0.1) is 18.2 Å². The number of sulfonamides is 1. The number of rotatable bonds is 7. The number of hydrogen-bond donors (Lipinski definition) is 2. The second-order valence-corrected chi connectivity index (χ2v) is 6.43. The number of nitrogens with two attached hydrogens (primary N) is 1. The largest absolute Gasteiger partial charge is 0.495 e. The molecule has 0 saturated carbocycles. The van der Waals surface area contributed by atoms with Crippen LogP contribution in [0.2, 0.25) is 0 Å². The van der Waals surface area contributed by atoms with E-state index in [9.17, 15) is 8.42 Å². The lowest BCUT2D eigenvalue weighted by Gasteiger charge is -2.09. The average molecular weight is 300 g/mol. The highest BCUT2D eigenvalue weighted by molar-refractivity contribution is 7.99. The topological polar surface area (TPSA) is 81.4 Å².